The minimum absolute atomic E-state index is 0.0972. The molecule has 0 unspecified atom stereocenters. The lowest BCUT2D eigenvalue weighted by atomic mass is 10.1. The minimum Gasteiger partial charge on any atom is -0.365 e. The standard InChI is InChI=1S/C19H15F3N4O/c1-11-2-4-12(5-3-11)10-23-16-9-8-15(25-26-16)19(27)24-14-7-6-13(20)17(21)18(14)22/h2-9H,10H2,1H3,(H,23,26)(H,24,27). The highest BCUT2D eigenvalue weighted by molar-refractivity contribution is 6.02. The Bertz CT molecular complexity index is 960. The zero-order chi connectivity index (χ0) is 19.4. The van der Waals surface area contributed by atoms with Crippen molar-refractivity contribution in [2.24, 2.45) is 0 Å². The van der Waals surface area contributed by atoms with Crippen molar-refractivity contribution in [1.82, 2.24) is 10.2 Å². The molecule has 1 amide bonds. The smallest absolute Gasteiger partial charge is 0.276 e. The lowest BCUT2D eigenvalue weighted by Crippen LogP contribution is -2.16. The summed E-state index contributed by atoms with van der Waals surface area (Å²) < 4.78 is 39.7. The van der Waals surface area contributed by atoms with Crippen LogP contribution in [0, 0.1) is 24.4 Å². The van der Waals surface area contributed by atoms with Crippen molar-refractivity contribution >= 4 is 17.4 Å². The first-order valence-corrected chi connectivity index (χ1v) is 8.02. The van der Waals surface area contributed by atoms with Gasteiger partial charge in [0.05, 0.1) is 5.69 Å². The first-order chi connectivity index (χ1) is 12.9. The minimum atomic E-state index is -1.66. The second kappa shape index (κ2) is 7.86. The number of aryl methyl sites for hydroxylation is 1. The van der Waals surface area contributed by atoms with E-state index in [2.05, 4.69) is 20.8 Å². The Morgan fingerprint density at radius 2 is 1.67 bits per heavy atom. The molecule has 0 spiro atoms. The molecule has 2 aromatic carbocycles. The molecule has 3 aromatic rings. The van der Waals surface area contributed by atoms with Crippen LogP contribution in [0.1, 0.15) is 21.6 Å². The number of amides is 1. The van der Waals surface area contributed by atoms with Gasteiger partial charge in [0.25, 0.3) is 5.91 Å². The molecule has 0 aliphatic carbocycles. The summed E-state index contributed by atoms with van der Waals surface area (Å²) in [6, 6.07) is 12.5. The molecule has 2 N–H and O–H groups in total. The molecule has 0 saturated heterocycles. The van der Waals surface area contributed by atoms with Gasteiger partial charge in [-0.2, -0.15) is 0 Å². The Balaban J connectivity index is 1.63. The average molecular weight is 372 g/mol. The van der Waals surface area contributed by atoms with Crippen molar-refractivity contribution in [2.75, 3.05) is 10.6 Å². The van der Waals surface area contributed by atoms with E-state index < -0.39 is 29.0 Å². The van der Waals surface area contributed by atoms with E-state index in [1.54, 1.807) is 0 Å². The van der Waals surface area contributed by atoms with Crippen LogP contribution in [0.15, 0.2) is 48.5 Å². The van der Waals surface area contributed by atoms with Gasteiger partial charge in [0.2, 0.25) is 0 Å². The topological polar surface area (TPSA) is 66.9 Å². The number of nitrogens with one attached hydrogen (secondary N) is 2. The summed E-state index contributed by atoms with van der Waals surface area (Å²) >= 11 is 0. The van der Waals surface area contributed by atoms with Gasteiger partial charge >= 0.3 is 0 Å². The molecule has 1 heterocycles. The third kappa shape index (κ3) is 4.41. The highest BCUT2D eigenvalue weighted by Gasteiger charge is 2.16. The first kappa shape index (κ1) is 18.4. The van der Waals surface area contributed by atoms with Crippen LogP contribution in [0.4, 0.5) is 24.7 Å². The fraction of sp³-hybridized carbons (Fsp3) is 0.105. The van der Waals surface area contributed by atoms with Crippen LogP contribution in [0.3, 0.4) is 0 Å². The van der Waals surface area contributed by atoms with Gasteiger partial charge in [-0.15, -0.1) is 10.2 Å². The second-order valence-corrected chi connectivity index (χ2v) is 5.82. The molecule has 8 heteroatoms. The Morgan fingerprint density at radius 1 is 0.926 bits per heavy atom. The van der Waals surface area contributed by atoms with Crippen LogP contribution in [0.5, 0.6) is 0 Å². The zero-order valence-corrected chi connectivity index (χ0v) is 14.3. The van der Waals surface area contributed by atoms with E-state index in [4.69, 9.17) is 0 Å². The van der Waals surface area contributed by atoms with E-state index >= 15 is 0 Å². The Kier molecular flexibility index (Phi) is 5.35. The molecule has 0 aliphatic heterocycles. The Morgan fingerprint density at radius 3 is 2.33 bits per heavy atom. The first-order valence-electron chi connectivity index (χ1n) is 8.02. The van der Waals surface area contributed by atoms with E-state index in [0.29, 0.717) is 12.4 Å². The van der Waals surface area contributed by atoms with E-state index in [-0.39, 0.29) is 5.69 Å². The highest BCUT2D eigenvalue weighted by Crippen LogP contribution is 2.20. The number of halogens is 3. The number of aromatic nitrogens is 2. The van der Waals surface area contributed by atoms with Gasteiger partial charge in [-0.05, 0) is 36.8 Å². The molecule has 0 bridgehead atoms. The van der Waals surface area contributed by atoms with Crippen LogP contribution in [0.2, 0.25) is 0 Å². The van der Waals surface area contributed by atoms with Gasteiger partial charge in [-0.3, -0.25) is 4.79 Å². The number of nitrogens with zero attached hydrogens (tertiary/aromatic N) is 2. The summed E-state index contributed by atoms with van der Waals surface area (Å²) in [5.41, 5.74) is 1.63. The summed E-state index contributed by atoms with van der Waals surface area (Å²) in [5, 5.41) is 12.8. The van der Waals surface area contributed by atoms with Crippen molar-refractivity contribution < 1.29 is 18.0 Å². The van der Waals surface area contributed by atoms with Crippen molar-refractivity contribution in [1.29, 1.82) is 0 Å². The van der Waals surface area contributed by atoms with Crippen molar-refractivity contribution in [3.8, 4) is 0 Å². The quantitative estimate of drug-likeness (QED) is 0.663. The maximum absolute atomic E-state index is 13.6. The predicted molar refractivity (Wildman–Crippen MR) is 94.8 cm³/mol. The van der Waals surface area contributed by atoms with Crippen molar-refractivity contribution in [3.05, 3.63) is 82.8 Å². The molecule has 0 fully saturated rings. The number of rotatable bonds is 5. The van der Waals surface area contributed by atoms with Gasteiger partial charge in [-0.25, -0.2) is 13.2 Å². The summed E-state index contributed by atoms with van der Waals surface area (Å²) in [4.78, 5) is 12.1. The molecule has 138 valence electrons. The van der Waals surface area contributed by atoms with Crippen molar-refractivity contribution in [3.63, 3.8) is 0 Å². The van der Waals surface area contributed by atoms with Gasteiger partial charge in [0.15, 0.2) is 23.1 Å². The molecule has 0 atom stereocenters. The number of hydrogen-bond donors (Lipinski definition) is 2. The van der Waals surface area contributed by atoms with Crippen molar-refractivity contribution in [2.45, 2.75) is 13.5 Å². The summed E-state index contributed by atoms with van der Waals surface area (Å²) in [6.07, 6.45) is 0. The molecule has 3 rings (SSSR count). The fourth-order valence-corrected chi connectivity index (χ4v) is 2.25. The van der Waals surface area contributed by atoms with Crippen LogP contribution in [0.25, 0.3) is 0 Å². The molecule has 0 radical (unpaired) electrons. The van der Waals surface area contributed by atoms with E-state index in [1.807, 2.05) is 31.2 Å². The van der Waals surface area contributed by atoms with E-state index in [9.17, 15) is 18.0 Å². The lowest BCUT2D eigenvalue weighted by molar-refractivity contribution is 0.102. The monoisotopic (exact) mass is 372 g/mol. The third-order valence-electron chi connectivity index (χ3n) is 3.77. The largest absolute Gasteiger partial charge is 0.365 e. The van der Waals surface area contributed by atoms with Gasteiger partial charge in [0.1, 0.15) is 5.82 Å². The SMILES string of the molecule is Cc1ccc(CNc2ccc(C(=O)Nc3ccc(F)c(F)c3F)nn2)cc1. The normalized spacial score (nSPS) is 10.5. The molecule has 27 heavy (non-hydrogen) atoms. The van der Waals surface area contributed by atoms with E-state index in [0.717, 1.165) is 23.3 Å². The number of carbonyl (C=O) groups excluding carboxylic acids is 1. The molecule has 5 nitrogen and oxygen atoms in total. The van der Waals surface area contributed by atoms with Crippen LogP contribution in [-0.2, 0) is 6.54 Å². The van der Waals surface area contributed by atoms with Crippen LogP contribution < -0.4 is 10.6 Å². The summed E-state index contributed by atoms with van der Waals surface area (Å²) in [7, 11) is 0. The number of anilines is 2. The number of carbonyl (C=O) groups is 1. The second-order valence-electron chi connectivity index (χ2n) is 5.82. The van der Waals surface area contributed by atoms with E-state index in [1.165, 1.54) is 12.1 Å². The van der Waals surface area contributed by atoms with Crippen LogP contribution >= 0.6 is 0 Å². The number of benzene rings is 2. The molecule has 0 aliphatic rings. The van der Waals surface area contributed by atoms with Gasteiger partial charge in [-0.1, -0.05) is 29.8 Å². The summed E-state index contributed by atoms with van der Waals surface area (Å²) in [5.74, 6) is -4.82. The predicted octanol–water partition coefficient (Wildman–Crippen LogP) is 4.07. The molecular weight excluding hydrogens is 357 g/mol. The fourth-order valence-electron chi connectivity index (χ4n) is 2.25. The third-order valence-corrected chi connectivity index (χ3v) is 3.77. The highest BCUT2D eigenvalue weighted by atomic mass is 19.2. The maximum atomic E-state index is 13.6. The van der Waals surface area contributed by atoms with Gasteiger partial charge in [0, 0.05) is 6.54 Å². The Labute approximate surface area is 153 Å². The maximum Gasteiger partial charge on any atom is 0.276 e. The lowest BCUT2D eigenvalue weighted by Gasteiger charge is -2.08. The summed E-state index contributed by atoms with van der Waals surface area (Å²) in [6.45, 7) is 2.53. The molecular formula is C19H15F3N4O. The molecule has 0 saturated carbocycles. The van der Waals surface area contributed by atoms with Crippen LogP contribution in [-0.4, -0.2) is 16.1 Å². The number of hydrogen-bond acceptors (Lipinski definition) is 4. The molecule has 1 aromatic heterocycles. The Hall–Kier alpha value is -3.42. The average Bonchev–Trinajstić information content (AvgIpc) is 2.68. The zero-order valence-electron chi connectivity index (χ0n) is 14.3. The van der Waals surface area contributed by atoms with Gasteiger partial charge < -0.3 is 10.6 Å².